The molecule has 2 amide bonds. The molecular formula is C20H23N3O2. The van der Waals surface area contributed by atoms with Crippen molar-refractivity contribution in [2.24, 2.45) is 0 Å². The lowest BCUT2D eigenvalue weighted by Gasteiger charge is -2.21. The maximum absolute atomic E-state index is 12.4. The second kappa shape index (κ2) is 6.76. The molecule has 0 radical (unpaired) electrons. The first-order chi connectivity index (χ1) is 12.2. The van der Waals surface area contributed by atoms with E-state index in [9.17, 15) is 9.90 Å². The van der Waals surface area contributed by atoms with Gasteiger partial charge in [0.25, 0.3) is 0 Å². The van der Waals surface area contributed by atoms with Gasteiger partial charge in [0.2, 0.25) is 0 Å². The van der Waals surface area contributed by atoms with Crippen molar-refractivity contribution >= 4 is 11.7 Å². The van der Waals surface area contributed by atoms with E-state index >= 15 is 0 Å². The van der Waals surface area contributed by atoms with Gasteiger partial charge in [-0.1, -0.05) is 42.5 Å². The molecule has 2 aromatic carbocycles. The van der Waals surface area contributed by atoms with Crippen LogP contribution >= 0.6 is 0 Å². The van der Waals surface area contributed by atoms with E-state index in [-0.39, 0.29) is 18.1 Å². The van der Waals surface area contributed by atoms with Crippen LogP contribution in [0.1, 0.15) is 23.6 Å². The van der Waals surface area contributed by atoms with Gasteiger partial charge in [0.1, 0.15) is 0 Å². The molecule has 2 aromatic rings. The summed E-state index contributed by atoms with van der Waals surface area (Å²) in [6, 6.07) is 17.7. The van der Waals surface area contributed by atoms with Crippen molar-refractivity contribution in [1.82, 2.24) is 10.6 Å². The first kappa shape index (κ1) is 16.0. The van der Waals surface area contributed by atoms with Crippen molar-refractivity contribution in [1.29, 1.82) is 0 Å². The van der Waals surface area contributed by atoms with Crippen LogP contribution in [0.15, 0.2) is 54.6 Å². The van der Waals surface area contributed by atoms with Gasteiger partial charge in [-0.25, -0.2) is 4.79 Å². The molecule has 1 saturated heterocycles. The summed E-state index contributed by atoms with van der Waals surface area (Å²) in [6.07, 6.45) is 0.950. The van der Waals surface area contributed by atoms with Crippen LogP contribution in [0.25, 0.3) is 0 Å². The molecule has 0 aromatic heterocycles. The molecule has 0 saturated carbocycles. The number of hydrogen-bond donors (Lipinski definition) is 3. The third-order valence-electron chi connectivity index (χ3n) is 5.14. The SMILES string of the molecule is O=C(NC1CCN(c2ccccc2)C1)N[C@@H]1c2ccccc2C[C@@H]1O. The van der Waals surface area contributed by atoms with Gasteiger partial charge in [-0.2, -0.15) is 0 Å². The fraction of sp³-hybridized carbons (Fsp3) is 0.350. The molecule has 3 N–H and O–H groups in total. The Kier molecular flexibility index (Phi) is 4.32. The Morgan fingerprint density at radius 1 is 1.04 bits per heavy atom. The quantitative estimate of drug-likeness (QED) is 0.805. The highest BCUT2D eigenvalue weighted by Crippen LogP contribution is 2.31. The summed E-state index contributed by atoms with van der Waals surface area (Å²) in [4.78, 5) is 14.7. The number of amides is 2. The molecule has 25 heavy (non-hydrogen) atoms. The number of nitrogens with zero attached hydrogens (tertiary/aromatic N) is 1. The van der Waals surface area contributed by atoms with Gasteiger partial charge in [-0.3, -0.25) is 0 Å². The highest BCUT2D eigenvalue weighted by molar-refractivity contribution is 5.75. The van der Waals surface area contributed by atoms with Crippen molar-refractivity contribution in [2.45, 2.75) is 31.0 Å². The Morgan fingerprint density at radius 3 is 2.64 bits per heavy atom. The zero-order valence-corrected chi connectivity index (χ0v) is 14.1. The van der Waals surface area contributed by atoms with E-state index < -0.39 is 6.10 Å². The second-order valence-corrected chi connectivity index (χ2v) is 6.83. The Bertz CT molecular complexity index is 750. The molecule has 5 heteroatoms. The fourth-order valence-corrected chi connectivity index (χ4v) is 3.87. The number of aliphatic hydroxyl groups excluding tert-OH is 1. The number of carbonyl (C=O) groups is 1. The molecule has 4 rings (SSSR count). The number of rotatable bonds is 3. The number of nitrogens with one attached hydrogen (secondary N) is 2. The van der Waals surface area contributed by atoms with Crippen molar-refractivity contribution in [3.8, 4) is 0 Å². The monoisotopic (exact) mass is 337 g/mol. The maximum atomic E-state index is 12.4. The molecule has 5 nitrogen and oxygen atoms in total. The van der Waals surface area contributed by atoms with Crippen molar-refractivity contribution in [3.05, 3.63) is 65.7 Å². The summed E-state index contributed by atoms with van der Waals surface area (Å²) in [5.74, 6) is 0. The minimum Gasteiger partial charge on any atom is -0.390 e. The van der Waals surface area contributed by atoms with Crippen molar-refractivity contribution in [2.75, 3.05) is 18.0 Å². The van der Waals surface area contributed by atoms with E-state index in [1.54, 1.807) is 0 Å². The van der Waals surface area contributed by atoms with Gasteiger partial charge in [-0.05, 0) is 29.7 Å². The highest BCUT2D eigenvalue weighted by atomic mass is 16.3. The highest BCUT2D eigenvalue weighted by Gasteiger charge is 2.32. The predicted molar refractivity (Wildman–Crippen MR) is 97.6 cm³/mol. The molecule has 2 aliphatic rings. The van der Waals surface area contributed by atoms with Crippen LogP contribution < -0.4 is 15.5 Å². The number of para-hydroxylation sites is 1. The number of carbonyl (C=O) groups excluding carboxylic acids is 1. The molecule has 0 spiro atoms. The van der Waals surface area contributed by atoms with Gasteiger partial charge in [-0.15, -0.1) is 0 Å². The largest absolute Gasteiger partial charge is 0.390 e. The first-order valence-corrected chi connectivity index (χ1v) is 8.83. The fourth-order valence-electron chi connectivity index (χ4n) is 3.87. The summed E-state index contributed by atoms with van der Waals surface area (Å²) in [7, 11) is 0. The van der Waals surface area contributed by atoms with E-state index in [4.69, 9.17) is 0 Å². The first-order valence-electron chi connectivity index (χ1n) is 8.83. The minimum absolute atomic E-state index is 0.119. The molecule has 0 bridgehead atoms. The Labute approximate surface area is 147 Å². The summed E-state index contributed by atoms with van der Waals surface area (Å²) >= 11 is 0. The van der Waals surface area contributed by atoms with Crippen LogP contribution in [0.2, 0.25) is 0 Å². The average molecular weight is 337 g/mol. The molecule has 1 fully saturated rings. The summed E-state index contributed by atoms with van der Waals surface area (Å²) in [5.41, 5.74) is 3.31. The van der Waals surface area contributed by atoms with Crippen LogP contribution in [-0.2, 0) is 6.42 Å². The molecule has 3 atom stereocenters. The number of fused-ring (bicyclic) bond motifs is 1. The molecule has 1 aliphatic heterocycles. The van der Waals surface area contributed by atoms with E-state index in [2.05, 4.69) is 27.7 Å². The number of benzene rings is 2. The summed E-state index contributed by atoms with van der Waals surface area (Å²) in [5, 5.41) is 16.3. The molecule has 1 heterocycles. The lowest BCUT2D eigenvalue weighted by atomic mass is 10.1. The van der Waals surface area contributed by atoms with Crippen LogP contribution in [0.5, 0.6) is 0 Å². The van der Waals surface area contributed by atoms with Crippen LogP contribution in [-0.4, -0.2) is 36.4 Å². The molecule has 130 valence electrons. The standard InChI is InChI=1S/C20H23N3O2/c24-18-12-14-6-4-5-9-17(14)19(18)22-20(25)21-15-10-11-23(13-15)16-7-2-1-3-8-16/h1-9,15,18-19,24H,10-13H2,(H2,21,22,25)/t15?,18-,19+/m0/s1. The van der Waals surface area contributed by atoms with Gasteiger partial charge in [0.15, 0.2) is 0 Å². The Morgan fingerprint density at radius 2 is 1.80 bits per heavy atom. The number of hydrogen-bond acceptors (Lipinski definition) is 3. The third kappa shape index (κ3) is 3.33. The zero-order valence-electron chi connectivity index (χ0n) is 14.1. The zero-order chi connectivity index (χ0) is 17.2. The smallest absolute Gasteiger partial charge is 0.315 e. The second-order valence-electron chi connectivity index (χ2n) is 6.83. The van der Waals surface area contributed by atoms with E-state index in [0.717, 1.165) is 30.6 Å². The van der Waals surface area contributed by atoms with Crippen LogP contribution in [0, 0.1) is 0 Å². The number of urea groups is 1. The van der Waals surface area contributed by atoms with Crippen molar-refractivity contribution < 1.29 is 9.90 Å². The Balaban J connectivity index is 1.34. The third-order valence-corrected chi connectivity index (χ3v) is 5.14. The van der Waals surface area contributed by atoms with E-state index in [1.165, 1.54) is 5.69 Å². The number of anilines is 1. The summed E-state index contributed by atoms with van der Waals surface area (Å²) in [6.45, 7) is 1.74. The van der Waals surface area contributed by atoms with Gasteiger partial charge in [0.05, 0.1) is 12.1 Å². The Hall–Kier alpha value is -2.53. The lowest BCUT2D eigenvalue weighted by Crippen LogP contribution is -2.46. The predicted octanol–water partition coefficient (Wildman–Crippen LogP) is 2.22. The number of aliphatic hydroxyl groups is 1. The van der Waals surface area contributed by atoms with Crippen LogP contribution in [0.3, 0.4) is 0 Å². The van der Waals surface area contributed by atoms with E-state index in [1.807, 2.05) is 42.5 Å². The normalized spacial score (nSPS) is 24.8. The molecule has 1 unspecified atom stereocenters. The summed E-state index contributed by atoms with van der Waals surface area (Å²) < 4.78 is 0. The van der Waals surface area contributed by atoms with Crippen molar-refractivity contribution in [3.63, 3.8) is 0 Å². The average Bonchev–Trinajstić information content (AvgIpc) is 3.21. The van der Waals surface area contributed by atoms with E-state index in [0.29, 0.717) is 6.42 Å². The van der Waals surface area contributed by atoms with Gasteiger partial charge < -0.3 is 20.6 Å². The minimum atomic E-state index is -0.562. The van der Waals surface area contributed by atoms with Gasteiger partial charge >= 0.3 is 6.03 Å². The lowest BCUT2D eigenvalue weighted by molar-refractivity contribution is 0.142. The van der Waals surface area contributed by atoms with Gasteiger partial charge in [0, 0.05) is 31.2 Å². The van der Waals surface area contributed by atoms with Crippen LogP contribution in [0.4, 0.5) is 10.5 Å². The maximum Gasteiger partial charge on any atom is 0.315 e. The molecular weight excluding hydrogens is 314 g/mol. The molecule has 1 aliphatic carbocycles. The topological polar surface area (TPSA) is 64.6 Å².